The number of hydrogen-bond donors (Lipinski definition) is 0. The van der Waals surface area contributed by atoms with Gasteiger partial charge in [-0.05, 0) is 19.1 Å². The van der Waals surface area contributed by atoms with Crippen molar-refractivity contribution in [2.75, 3.05) is 6.61 Å². The molecule has 0 aliphatic heterocycles. The van der Waals surface area contributed by atoms with Crippen molar-refractivity contribution in [1.29, 1.82) is 0 Å². The molecule has 0 aliphatic carbocycles. The van der Waals surface area contributed by atoms with Gasteiger partial charge in [0.15, 0.2) is 0 Å². The Kier molecular flexibility index (Phi) is 5.26. The summed E-state index contributed by atoms with van der Waals surface area (Å²) in [6, 6.07) is 3.21. The lowest BCUT2D eigenvalue weighted by Gasteiger charge is -2.08. The summed E-state index contributed by atoms with van der Waals surface area (Å²) in [7, 11) is 0. The highest BCUT2D eigenvalue weighted by Crippen LogP contribution is 2.25. The molecular formula is C13H13F2N3O2S. The van der Waals surface area contributed by atoms with E-state index in [4.69, 9.17) is 4.74 Å². The molecule has 8 heteroatoms. The topological polar surface area (TPSA) is 57.0 Å². The van der Waals surface area contributed by atoms with Crippen LogP contribution < -0.4 is 0 Å². The van der Waals surface area contributed by atoms with Crippen molar-refractivity contribution in [3.05, 3.63) is 42.1 Å². The van der Waals surface area contributed by atoms with E-state index in [9.17, 15) is 13.6 Å². The summed E-state index contributed by atoms with van der Waals surface area (Å²) < 4.78 is 31.1. The fourth-order valence-electron chi connectivity index (χ4n) is 1.64. The van der Waals surface area contributed by atoms with Gasteiger partial charge < -0.3 is 4.74 Å². The van der Waals surface area contributed by atoms with Gasteiger partial charge in [0.05, 0.1) is 17.9 Å². The molecule has 0 N–H and O–H groups in total. The lowest BCUT2D eigenvalue weighted by Crippen LogP contribution is -2.07. The van der Waals surface area contributed by atoms with Crippen molar-refractivity contribution in [3.8, 4) is 0 Å². The number of nitrogens with zero attached hydrogens (tertiary/aromatic N) is 3. The summed E-state index contributed by atoms with van der Waals surface area (Å²) in [5, 5.41) is 0.430. The molecule has 0 spiro atoms. The standard InChI is InChI=1S/C13H13F2N3O2S/c1-2-20-12(19)9-4-3-5-17-11(9)21-8-10-16-6-7-18(10)13(14)15/h3-7,13H,2,8H2,1H3. The van der Waals surface area contributed by atoms with Gasteiger partial charge in [-0.1, -0.05) is 11.8 Å². The van der Waals surface area contributed by atoms with Crippen molar-refractivity contribution in [3.63, 3.8) is 0 Å². The van der Waals surface area contributed by atoms with E-state index in [1.165, 1.54) is 18.6 Å². The highest BCUT2D eigenvalue weighted by Gasteiger charge is 2.16. The number of carbonyl (C=O) groups is 1. The fourth-order valence-corrected chi connectivity index (χ4v) is 2.57. The van der Waals surface area contributed by atoms with E-state index >= 15 is 0 Å². The van der Waals surface area contributed by atoms with E-state index in [0.29, 0.717) is 10.6 Å². The molecule has 0 bridgehead atoms. The van der Waals surface area contributed by atoms with Crippen molar-refractivity contribution < 1.29 is 18.3 Å². The van der Waals surface area contributed by atoms with Crippen LogP contribution in [0.1, 0.15) is 29.7 Å². The molecule has 21 heavy (non-hydrogen) atoms. The third kappa shape index (κ3) is 3.78. The third-order valence-corrected chi connectivity index (χ3v) is 3.56. The predicted molar refractivity (Wildman–Crippen MR) is 73.2 cm³/mol. The van der Waals surface area contributed by atoms with Crippen LogP contribution in [0.25, 0.3) is 0 Å². The van der Waals surface area contributed by atoms with E-state index in [1.54, 1.807) is 19.1 Å². The fraction of sp³-hybridized carbons (Fsp3) is 0.308. The van der Waals surface area contributed by atoms with Crippen LogP contribution in [-0.4, -0.2) is 27.1 Å². The second kappa shape index (κ2) is 7.16. The average molecular weight is 313 g/mol. The van der Waals surface area contributed by atoms with Gasteiger partial charge in [-0.15, -0.1) is 0 Å². The zero-order valence-electron chi connectivity index (χ0n) is 11.2. The summed E-state index contributed by atoms with van der Waals surface area (Å²) in [6.45, 7) is -0.676. The van der Waals surface area contributed by atoms with Crippen LogP contribution in [-0.2, 0) is 10.5 Å². The van der Waals surface area contributed by atoms with Gasteiger partial charge in [-0.25, -0.2) is 14.8 Å². The van der Waals surface area contributed by atoms with Crippen molar-refractivity contribution in [1.82, 2.24) is 14.5 Å². The Balaban J connectivity index is 2.13. The van der Waals surface area contributed by atoms with Gasteiger partial charge in [-0.2, -0.15) is 8.78 Å². The van der Waals surface area contributed by atoms with E-state index in [2.05, 4.69) is 9.97 Å². The maximum Gasteiger partial charge on any atom is 0.340 e. The molecule has 0 fully saturated rings. The number of alkyl halides is 2. The highest BCUT2D eigenvalue weighted by molar-refractivity contribution is 7.98. The molecule has 0 saturated heterocycles. The van der Waals surface area contributed by atoms with E-state index < -0.39 is 12.5 Å². The predicted octanol–water partition coefficient (Wildman–Crippen LogP) is 3.14. The Labute approximate surface area is 124 Å². The number of hydrogen-bond acceptors (Lipinski definition) is 5. The smallest absolute Gasteiger partial charge is 0.340 e. The molecule has 0 atom stereocenters. The van der Waals surface area contributed by atoms with Crippen LogP contribution in [0.2, 0.25) is 0 Å². The Hall–Kier alpha value is -1.96. The zero-order chi connectivity index (χ0) is 15.2. The first-order chi connectivity index (χ1) is 10.1. The molecule has 2 aromatic rings. The monoisotopic (exact) mass is 313 g/mol. The molecule has 2 aromatic heterocycles. The van der Waals surface area contributed by atoms with Gasteiger partial charge in [-0.3, -0.25) is 4.57 Å². The van der Waals surface area contributed by atoms with Crippen LogP contribution in [0, 0.1) is 0 Å². The van der Waals surface area contributed by atoms with Crippen LogP contribution in [0.15, 0.2) is 35.7 Å². The van der Waals surface area contributed by atoms with Gasteiger partial charge in [0.25, 0.3) is 0 Å². The molecule has 0 amide bonds. The molecule has 2 heterocycles. The third-order valence-electron chi connectivity index (χ3n) is 2.56. The molecule has 0 unspecified atom stereocenters. The number of thioether (sulfide) groups is 1. The summed E-state index contributed by atoms with van der Waals surface area (Å²) in [6.07, 6.45) is 4.06. The van der Waals surface area contributed by atoms with Gasteiger partial charge >= 0.3 is 12.5 Å². The normalized spacial score (nSPS) is 10.9. The van der Waals surface area contributed by atoms with Crippen molar-refractivity contribution in [2.24, 2.45) is 0 Å². The summed E-state index contributed by atoms with van der Waals surface area (Å²) >= 11 is 1.16. The summed E-state index contributed by atoms with van der Waals surface area (Å²) in [5.74, 6) is -0.0819. The maximum absolute atomic E-state index is 12.7. The van der Waals surface area contributed by atoms with Crippen LogP contribution >= 0.6 is 11.8 Å². The highest BCUT2D eigenvalue weighted by atomic mass is 32.2. The molecule has 0 saturated carbocycles. The number of esters is 1. The minimum atomic E-state index is -2.64. The lowest BCUT2D eigenvalue weighted by molar-refractivity contribution is 0.0521. The Morgan fingerprint density at radius 1 is 1.43 bits per heavy atom. The number of carbonyl (C=O) groups excluding carboxylic acids is 1. The molecule has 2 rings (SSSR count). The zero-order valence-corrected chi connectivity index (χ0v) is 12.0. The van der Waals surface area contributed by atoms with E-state index in [0.717, 1.165) is 16.3 Å². The first kappa shape index (κ1) is 15.4. The number of rotatable bonds is 6. The van der Waals surface area contributed by atoms with Crippen molar-refractivity contribution in [2.45, 2.75) is 24.3 Å². The van der Waals surface area contributed by atoms with Gasteiger partial charge in [0.2, 0.25) is 0 Å². The minimum absolute atomic E-state index is 0.181. The molecule has 0 aliphatic rings. The molecule has 5 nitrogen and oxygen atoms in total. The minimum Gasteiger partial charge on any atom is -0.462 e. The number of halogens is 2. The number of pyridine rings is 1. The van der Waals surface area contributed by atoms with Crippen LogP contribution in [0.3, 0.4) is 0 Å². The molecular weight excluding hydrogens is 300 g/mol. The van der Waals surface area contributed by atoms with Gasteiger partial charge in [0, 0.05) is 18.6 Å². The van der Waals surface area contributed by atoms with E-state index in [1.807, 2.05) is 0 Å². The number of ether oxygens (including phenoxy) is 1. The van der Waals surface area contributed by atoms with Crippen LogP contribution in [0.4, 0.5) is 8.78 Å². The van der Waals surface area contributed by atoms with Gasteiger partial charge in [0.1, 0.15) is 10.9 Å². The SMILES string of the molecule is CCOC(=O)c1cccnc1SCc1nccn1C(F)F. The second-order valence-electron chi connectivity index (χ2n) is 3.89. The second-order valence-corrected chi connectivity index (χ2v) is 4.86. The Morgan fingerprint density at radius 3 is 2.95 bits per heavy atom. The molecule has 0 aromatic carbocycles. The lowest BCUT2D eigenvalue weighted by atomic mass is 10.3. The molecule has 0 radical (unpaired) electrons. The Bertz CT molecular complexity index is 619. The Morgan fingerprint density at radius 2 is 2.24 bits per heavy atom. The van der Waals surface area contributed by atoms with E-state index in [-0.39, 0.29) is 18.2 Å². The summed E-state index contributed by atoms with van der Waals surface area (Å²) in [5.41, 5.74) is 0.319. The average Bonchev–Trinajstić information content (AvgIpc) is 2.94. The van der Waals surface area contributed by atoms with Crippen molar-refractivity contribution >= 4 is 17.7 Å². The maximum atomic E-state index is 12.7. The van der Waals surface area contributed by atoms with Crippen LogP contribution in [0.5, 0.6) is 0 Å². The first-order valence-corrected chi connectivity index (χ1v) is 7.16. The first-order valence-electron chi connectivity index (χ1n) is 6.18. The quantitative estimate of drug-likeness (QED) is 0.606. The number of imidazole rings is 1. The number of aromatic nitrogens is 3. The molecule has 112 valence electrons. The largest absolute Gasteiger partial charge is 0.462 e. The summed E-state index contributed by atoms with van der Waals surface area (Å²) in [4.78, 5) is 19.8.